The zero-order valence-electron chi connectivity index (χ0n) is 30.2. The minimum absolute atomic E-state index is 0.131. The maximum atomic E-state index is 13.1. The van der Waals surface area contributed by atoms with Gasteiger partial charge >= 0.3 is 18.2 Å². The first-order valence-electron chi connectivity index (χ1n) is 16.2. The summed E-state index contributed by atoms with van der Waals surface area (Å²) in [6, 6.07) is 4.99. The van der Waals surface area contributed by atoms with Gasteiger partial charge in [-0.1, -0.05) is 23.3 Å². The lowest BCUT2D eigenvalue weighted by atomic mass is 9.85. The number of guanidine groups is 2. The quantitative estimate of drug-likeness (QED) is 0.0958. The predicted octanol–water partition coefficient (Wildman–Crippen LogP) is 5.87. The number of fused-ring (bicyclic) bond motifs is 3. The predicted molar refractivity (Wildman–Crippen MR) is 188 cm³/mol. The molecule has 1 saturated heterocycles. The summed E-state index contributed by atoms with van der Waals surface area (Å²) in [6.07, 6.45) is 2.92. The summed E-state index contributed by atoms with van der Waals surface area (Å²) in [7, 11) is 1.34. The topological polar surface area (TPSA) is 155 Å². The number of anilines is 1. The van der Waals surface area contributed by atoms with E-state index in [1.54, 1.807) is 47.6 Å². The number of aliphatic imine (C=N–C) groups is 2. The molecule has 13 nitrogen and oxygen atoms in total. The second-order valence-corrected chi connectivity index (χ2v) is 14.3. The largest absolute Gasteiger partial charge is 0.465 e. The van der Waals surface area contributed by atoms with Crippen molar-refractivity contribution in [2.24, 2.45) is 15.9 Å². The van der Waals surface area contributed by atoms with Gasteiger partial charge in [-0.2, -0.15) is 0 Å². The fraction of sp³-hybridized carbons (Fsp3) is 0.571. The first-order valence-corrected chi connectivity index (χ1v) is 16.2. The summed E-state index contributed by atoms with van der Waals surface area (Å²) in [5.41, 5.74) is 2.76. The number of likely N-dealkylation sites (tertiary alicyclic amines) is 1. The molecule has 1 aromatic carbocycles. The molecule has 3 rings (SSSR count). The molecule has 2 aliphatic heterocycles. The molecule has 2 aliphatic rings. The monoisotopic (exact) mass is 667 g/mol. The SMILES string of the molecule is COC(=O)c1ccc2c(c1)[C@@H]1[C@@H](CCN1C(=NCC=C(C)C)NC(=O)OC(C)(C)C)[C@H](NC(=NCC=C(C)C)NC(=O)OC(C)(C)C)N2. The van der Waals surface area contributed by atoms with Crippen molar-refractivity contribution in [2.75, 3.05) is 32.1 Å². The summed E-state index contributed by atoms with van der Waals surface area (Å²) in [6.45, 7) is 19.9. The number of allylic oxidation sites excluding steroid dienone is 2. The normalized spacial score (nSPS) is 19.1. The van der Waals surface area contributed by atoms with Crippen LogP contribution in [0.2, 0.25) is 0 Å². The van der Waals surface area contributed by atoms with Crippen LogP contribution in [0.5, 0.6) is 0 Å². The molecule has 0 saturated carbocycles. The maximum absolute atomic E-state index is 13.1. The van der Waals surface area contributed by atoms with Crippen molar-refractivity contribution < 1.29 is 28.6 Å². The van der Waals surface area contributed by atoms with E-state index in [-0.39, 0.29) is 17.9 Å². The van der Waals surface area contributed by atoms with E-state index in [4.69, 9.17) is 19.2 Å². The van der Waals surface area contributed by atoms with Crippen LogP contribution in [0.25, 0.3) is 0 Å². The van der Waals surface area contributed by atoms with E-state index in [0.717, 1.165) is 22.4 Å². The van der Waals surface area contributed by atoms with Gasteiger partial charge in [-0.25, -0.2) is 24.4 Å². The molecule has 264 valence electrons. The molecule has 0 aromatic heterocycles. The van der Waals surface area contributed by atoms with E-state index in [9.17, 15) is 14.4 Å². The summed E-state index contributed by atoms with van der Waals surface area (Å²) >= 11 is 0. The lowest BCUT2D eigenvalue weighted by Crippen LogP contribution is -2.55. The van der Waals surface area contributed by atoms with Gasteiger partial charge < -0.3 is 29.7 Å². The Balaban J connectivity index is 2.08. The first-order chi connectivity index (χ1) is 22.4. The molecular formula is C35H53N7O6. The molecule has 1 fully saturated rings. The van der Waals surface area contributed by atoms with Crippen LogP contribution < -0.4 is 21.3 Å². The third-order valence-corrected chi connectivity index (χ3v) is 7.26. The van der Waals surface area contributed by atoms with E-state index in [1.165, 1.54) is 7.11 Å². The molecule has 0 aliphatic carbocycles. The van der Waals surface area contributed by atoms with Gasteiger partial charge in [0, 0.05) is 18.2 Å². The van der Waals surface area contributed by atoms with E-state index in [0.29, 0.717) is 37.6 Å². The maximum Gasteiger partial charge on any atom is 0.414 e. The molecule has 48 heavy (non-hydrogen) atoms. The lowest BCUT2D eigenvalue weighted by molar-refractivity contribution is 0.0546. The van der Waals surface area contributed by atoms with Crippen molar-refractivity contribution in [1.29, 1.82) is 0 Å². The Labute approximate surface area is 284 Å². The fourth-order valence-corrected chi connectivity index (χ4v) is 5.30. The van der Waals surface area contributed by atoms with Gasteiger partial charge in [-0.05, 0) is 99.4 Å². The molecule has 0 bridgehead atoms. The number of amides is 2. The van der Waals surface area contributed by atoms with Gasteiger partial charge in [-0.15, -0.1) is 0 Å². The zero-order chi connectivity index (χ0) is 35.8. The molecule has 3 atom stereocenters. The highest BCUT2D eigenvalue weighted by molar-refractivity contribution is 5.96. The third kappa shape index (κ3) is 11.3. The fourth-order valence-electron chi connectivity index (χ4n) is 5.30. The highest BCUT2D eigenvalue weighted by atomic mass is 16.6. The van der Waals surface area contributed by atoms with Crippen LogP contribution in [0.3, 0.4) is 0 Å². The van der Waals surface area contributed by atoms with E-state index in [2.05, 4.69) is 26.3 Å². The van der Waals surface area contributed by atoms with Gasteiger partial charge in [0.2, 0.25) is 11.9 Å². The number of alkyl carbamates (subject to hydrolysis) is 2. The number of carbonyl (C=O) groups is 3. The number of nitrogens with one attached hydrogen (secondary N) is 4. The molecule has 2 heterocycles. The van der Waals surface area contributed by atoms with Gasteiger partial charge in [0.25, 0.3) is 0 Å². The highest BCUT2D eigenvalue weighted by Crippen LogP contribution is 2.46. The summed E-state index contributed by atoms with van der Waals surface area (Å²) in [4.78, 5) is 50.0. The number of carbonyl (C=O) groups excluding carboxylic acids is 3. The Kier molecular flexibility index (Phi) is 12.7. The van der Waals surface area contributed by atoms with Crippen LogP contribution in [0.4, 0.5) is 15.3 Å². The van der Waals surface area contributed by atoms with Crippen LogP contribution >= 0.6 is 0 Å². The number of nitrogens with zero attached hydrogens (tertiary/aromatic N) is 3. The van der Waals surface area contributed by atoms with E-state index in [1.807, 2.05) is 56.9 Å². The molecule has 0 spiro atoms. The van der Waals surface area contributed by atoms with Crippen LogP contribution in [0, 0.1) is 5.92 Å². The van der Waals surface area contributed by atoms with Gasteiger partial charge in [0.05, 0.1) is 31.8 Å². The second kappa shape index (κ2) is 16.0. The molecule has 1 aromatic rings. The van der Waals surface area contributed by atoms with Crippen LogP contribution in [-0.4, -0.2) is 79.1 Å². The molecule has 2 amide bonds. The van der Waals surface area contributed by atoms with Crippen LogP contribution in [-0.2, 0) is 14.2 Å². The standard InChI is InChI=1S/C35H53N7O6/c1-21(2)14-17-36-30(40-32(44)47-34(5,6)7)39-28-24-16-19-42(27(24)25-20-23(29(43)46-11)12-13-26(25)38-28)31(37-18-15-22(3)4)41-33(45)48-35(8,9)10/h12-15,20,24,27-28,38H,16-19H2,1-11H3,(H,37,41,45)(H2,36,39,40,44)/t24-,27+,28+/m1/s1. The van der Waals surface area contributed by atoms with Crippen LogP contribution in [0.15, 0.2) is 51.5 Å². The first kappa shape index (κ1) is 37.9. The number of rotatable bonds is 6. The molecule has 0 unspecified atom stereocenters. The minimum Gasteiger partial charge on any atom is -0.465 e. The van der Waals surface area contributed by atoms with Crippen molar-refractivity contribution in [3.63, 3.8) is 0 Å². The Morgan fingerprint density at radius 1 is 0.917 bits per heavy atom. The number of esters is 1. The second-order valence-electron chi connectivity index (χ2n) is 14.3. The number of hydrogen-bond donors (Lipinski definition) is 4. The number of benzene rings is 1. The zero-order valence-corrected chi connectivity index (χ0v) is 30.2. The van der Waals surface area contributed by atoms with Crippen molar-refractivity contribution >= 4 is 35.8 Å². The van der Waals surface area contributed by atoms with Crippen molar-refractivity contribution in [3.8, 4) is 0 Å². The Morgan fingerprint density at radius 3 is 2.06 bits per heavy atom. The minimum atomic E-state index is -0.711. The number of hydrogen-bond acceptors (Lipinski definition) is 9. The third-order valence-electron chi connectivity index (χ3n) is 7.26. The van der Waals surface area contributed by atoms with Crippen molar-refractivity contribution in [3.05, 3.63) is 52.6 Å². The van der Waals surface area contributed by atoms with Crippen molar-refractivity contribution in [1.82, 2.24) is 20.9 Å². The van der Waals surface area contributed by atoms with Gasteiger partial charge in [-0.3, -0.25) is 10.6 Å². The number of methoxy groups -OCH3 is 1. The molecule has 4 N–H and O–H groups in total. The Bertz CT molecular complexity index is 1460. The van der Waals surface area contributed by atoms with Crippen molar-refractivity contribution in [2.45, 2.75) is 99.1 Å². The lowest BCUT2D eigenvalue weighted by Gasteiger charge is -2.41. The molecule has 0 radical (unpaired) electrons. The Morgan fingerprint density at radius 2 is 1.50 bits per heavy atom. The summed E-state index contributed by atoms with van der Waals surface area (Å²) < 4.78 is 16.1. The number of ether oxygens (including phenoxy) is 3. The molecule has 13 heteroatoms. The summed E-state index contributed by atoms with van der Waals surface area (Å²) in [5.74, 6) is 0.0105. The van der Waals surface area contributed by atoms with Gasteiger partial charge in [0.15, 0.2) is 0 Å². The average molecular weight is 668 g/mol. The van der Waals surface area contributed by atoms with E-state index >= 15 is 0 Å². The van der Waals surface area contributed by atoms with Gasteiger partial charge in [0.1, 0.15) is 17.4 Å². The van der Waals surface area contributed by atoms with Crippen LogP contribution in [0.1, 0.15) is 97.6 Å². The average Bonchev–Trinajstić information content (AvgIpc) is 3.39. The summed E-state index contributed by atoms with van der Waals surface area (Å²) in [5, 5.41) is 12.6. The Hall–Kier alpha value is -4.55. The van der Waals surface area contributed by atoms with E-state index < -0.39 is 35.5 Å². The smallest absolute Gasteiger partial charge is 0.414 e. The molecular weight excluding hydrogens is 614 g/mol. The highest BCUT2D eigenvalue weighted by Gasteiger charge is 2.46.